The number of amidine groups is 1. The van der Waals surface area contributed by atoms with Crippen LogP contribution >= 0.6 is 0 Å². The van der Waals surface area contributed by atoms with Crippen molar-refractivity contribution >= 4 is 39.1 Å². The van der Waals surface area contributed by atoms with Gasteiger partial charge in [0.15, 0.2) is 5.84 Å². The third-order valence-corrected chi connectivity index (χ3v) is 12.7. The zero-order valence-corrected chi connectivity index (χ0v) is 34.2. The number of para-hydroxylation sites is 1. The number of fused-ring (bicyclic) bond motifs is 7. The Morgan fingerprint density at radius 2 is 1.20 bits per heavy atom. The highest BCUT2D eigenvalue weighted by Gasteiger charge is 2.29. The number of hydrogen-bond donors (Lipinski definition) is 0. The van der Waals surface area contributed by atoms with E-state index < -0.39 is 0 Å². The smallest absolute Gasteiger partial charge is 0.160 e. The quantitative estimate of drug-likeness (QED) is 0.161. The topological polar surface area (TPSA) is 29.6 Å². The zero-order valence-electron chi connectivity index (χ0n) is 34.2. The summed E-state index contributed by atoms with van der Waals surface area (Å²) in [7, 11) is 0. The van der Waals surface area contributed by atoms with Crippen LogP contribution in [0.2, 0.25) is 0 Å². The Labute approximate surface area is 357 Å². The average Bonchev–Trinajstić information content (AvgIpc) is 3.56. The molecule has 1 aromatic heterocycles. The Morgan fingerprint density at radius 3 is 2.02 bits per heavy atom. The average molecular weight is 784 g/mol. The van der Waals surface area contributed by atoms with E-state index in [1.807, 2.05) is 0 Å². The molecule has 2 aliphatic rings. The Bertz CT molecular complexity index is 3170. The second-order valence-corrected chi connectivity index (χ2v) is 16.5. The van der Waals surface area contributed by atoms with Crippen molar-refractivity contribution < 1.29 is 0 Å². The van der Waals surface area contributed by atoms with Crippen molar-refractivity contribution in [2.45, 2.75) is 32.1 Å². The van der Waals surface area contributed by atoms with Gasteiger partial charge in [-0.1, -0.05) is 189 Å². The van der Waals surface area contributed by atoms with Crippen LogP contribution in [0.3, 0.4) is 0 Å². The summed E-state index contributed by atoms with van der Waals surface area (Å²) >= 11 is 0. The highest BCUT2D eigenvalue weighted by Crippen LogP contribution is 2.48. The summed E-state index contributed by atoms with van der Waals surface area (Å²) in [6.07, 6.45) is 5.12. The molecule has 11 rings (SSSR count). The van der Waals surface area contributed by atoms with Gasteiger partial charge in [-0.05, 0) is 88.0 Å². The van der Waals surface area contributed by atoms with Crippen LogP contribution in [-0.4, -0.2) is 16.1 Å². The van der Waals surface area contributed by atoms with Gasteiger partial charge < -0.3 is 4.57 Å². The van der Waals surface area contributed by atoms with Crippen LogP contribution in [0, 0.1) is 5.92 Å². The summed E-state index contributed by atoms with van der Waals surface area (Å²) in [4.78, 5) is 10.7. The molecule has 0 fully saturated rings. The molecule has 1 aliphatic carbocycles. The molecule has 2 heterocycles. The second-order valence-electron chi connectivity index (χ2n) is 16.5. The van der Waals surface area contributed by atoms with Crippen molar-refractivity contribution in [3.63, 3.8) is 0 Å². The third kappa shape index (κ3) is 6.73. The molecule has 0 bridgehead atoms. The summed E-state index contributed by atoms with van der Waals surface area (Å²) in [5.74, 6) is 1.09. The Morgan fingerprint density at radius 1 is 0.525 bits per heavy atom. The largest absolute Gasteiger partial charge is 0.309 e. The normalized spacial score (nSPS) is 17.2. The Balaban J connectivity index is 1.09. The highest BCUT2D eigenvalue weighted by molar-refractivity contribution is 6.16. The second kappa shape index (κ2) is 15.7. The number of rotatable bonds is 6. The zero-order chi connectivity index (χ0) is 40.7. The fourth-order valence-corrected chi connectivity index (χ4v) is 9.73. The van der Waals surface area contributed by atoms with Crippen LogP contribution in [0.5, 0.6) is 0 Å². The molecule has 0 saturated heterocycles. The molecule has 2 unspecified atom stereocenters. The van der Waals surface area contributed by atoms with E-state index in [1.165, 1.54) is 60.8 Å². The molecular formula is C58H45N3. The number of benzene rings is 8. The lowest BCUT2D eigenvalue weighted by atomic mass is 9.83. The van der Waals surface area contributed by atoms with E-state index in [0.717, 1.165) is 58.9 Å². The minimum absolute atomic E-state index is 0.171. The van der Waals surface area contributed by atoms with Gasteiger partial charge in [-0.3, -0.25) is 0 Å². The first-order chi connectivity index (χ1) is 30.2. The van der Waals surface area contributed by atoms with Gasteiger partial charge in [-0.2, -0.15) is 0 Å². The first kappa shape index (κ1) is 36.7. The number of aliphatic imine (C=N–C) groups is 2. The Kier molecular flexibility index (Phi) is 9.43. The summed E-state index contributed by atoms with van der Waals surface area (Å²) in [5, 5.41) is 2.54. The standard InChI is InChI=1S/C58H45N3/c1-39-31-36-53(42-20-7-3-8-21-42)59-58(43-22-9-4-10-23-43)60-56(39)46-26-15-25-45(37-46)48-33-32-41-19-11-12-28-49(41)55-51(48)34-35-52-50-29-13-14-30-54(50)61(57(52)55)47-27-16-24-44(38-47)40-17-5-2-6-18-40/h2-30,34-39,48H,31-33H2,1H3/b53-36+,59-58?,60-56?. The summed E-state index contributed by atoms with van der Waals surface area (Å²) < 4.78 is 2.53. The van der Waals surface area contributed by atoms with Crippen LogP contribution in [0.4, 0.5) is 0 Å². The SMILES string of the molecule is CC1C/C=C(\c2ccccc2)N=C(c2ccccc2)N=C1c1cccc(C2CCc3ccccc3-c3c2ccc2c4ccccc4n(-c4cccc(-c5ccccc5)c4)c32)c1. The maximum Gasteiger partial charge on any atom is 0.160 e. The third-order valence-electron chi connectivity index (χ3n) is 12.7. The number of hydrogen-bond acceptors (Lipinski definition) is 2. The van der Waals surface area contributed by atoms with Crippen LogP contribution < -0.4 is 0 Å². The molecule has 9 aromatic rings. The van der Waals surface area contributed by atoms with Gasteiger partial charge >= 0.3 is 0 Å². The number of aryl methyl sites for hydroxylation is 1. The first-order valence-electron chi connectivity index (χ1n) is 21.6. The van der Waals surface area contributed by atoms with Crippen LogP contribution in [0.1, 0.15) is 59.1 Å². The molecule has 0 N–H and O–H groups in total. The minimum Gasteiger partial charge on any atom is -0.309 e. The van der Waals surface area contributed by atoms with Crippen molar-refractivity contribution in [1.82, 2.24) is 4.57 Å². The van der Waals surface area contributed by atoms with E-state index >= 15 is 0 Å². The lowest BCUT2D eigenvalue weighted by Gasteiger charge is -2.23. The van der Waals surface area contributed by atoms with E-state index in [9.17, 15) is 0 Å². The fraction of sp³-hybridized carbons (Fsp3) is 0.103. The lowest BCUT2D eigenvalue weighted by Crippen LogP contribution is -2.17. The predicted molar refractivity (Wildman–Crippen MR) is 256 cm³/mol. The van der Waals surface area contributed by atoms with Crippen molar-refractivity contribution in [2.24, 2.45) is 15.9 Å². The molecule has 3 heteroatoms. The van der Waals surface area contributed by atoms with E-state index in [1.54, 1.807) is 0 Å². The van der Waals surface area contributed by atoms with Crippen molar-refractivity contribution in [3.8, 4) is 27.9 Å². The number of allylic oxidation sites excluding steroid dienone is 1. The van der Waals surface area contributed by atoms with Gasteiger partial charge in [0.2, 0.25) is 0 Å². The number of nitrogens with zero attached hydrogens (tertiary/aromatic N) is 3. The molecular weight excluding hydrogens is 739 g/mol. The van der Waals surface area contributed by atoms with Gasteiger partial charge in [0, 0.05) is 39.4 Å². The molecule has 61 heavy (non-hydrogen) atoms. The molecule has 1 aliphatic heterocycles. The summed E-state index contributed by atoms with van der Waals surface area (Å²) in [6, 6.07) is 72.7. The first-order valence-corrected chi connectivity index (χ1v) is 21.6. The predicted octanol–water partition coefficient (Wildman–Crippen LogP) is 14.5. The Hall–Kier alpha value is -7.36. The van der Waals surface area contributed by atoms with Gasteiger partial charge in [0.1, 0.15) is 0 Å². The van der Waals surface area contributed by atoms with E-state index in [-0.39, 0.29) is 11.8 Å². The fourth-order valence-electron chi connectivity index (χ4n) is 9.73. The van der Waals surface area contributed by atoms with Crippen LogP contribution in [-0.2, 0) is 6.42 Å². The van der Waals surface area contributed by atoms with Crippen molar-refractivity contribution in [3.05, 3.63) is 240 Å². The molecule has 3 nitrogen and oxygen atoms in total. The molecule has 0 amide bonds. The monoisotopic (exact) mass is 783 g/mol. The molecule has 0 saturated carbocycles. The maximum atomic E-state index is 5.48. The van der Waals surface area contributed by atoms with E-state index in [4.69, 9.17) is 9.98 Å². The minimum atomic E-state index is 0.171. The molecule has 0 radical (unpaired) electrons. The van der Waals surface area contributed by atoms with Gasteiger partial charge in [-0.25, -0.2) is 9.98 Å². The maximum absolute atomic E-state index is 5.48. The molecule has 292 valence electrons. The van der Waals surface area contributed by atoms with E-state index in [0.29, 0.717) is 0 Å². The lowest BCUT2D eigenvalue weighted by molar-refractivity contribution is 0.725. The van der Waals surface area contributed by atoms with E-state index in [2.05, 4.69) is 218 Å². The molecule has 8 aromatic carbocycles. The van der Waals surface area contributed by atoms with Crippen molar-refractivity contribution in [1.29, 1.82) is 0 Å². The van der Waals surface area contributed by atoms with Crippen LogP contribution in [0.15, 0.2) is 216 Å². The molecule has 0 spiro atoms. The summed E-state index contributed by atoms with van der Waals surface area (Å²) in [5.41, 5.74) is 18.1. The number of aromatic nitrogens is 1. The van der Waals surface area contributed by atoms with Crippen molar-refractivity contribution in [2.75, 3.05) is 0 Å². The highest BCUT2D eigenvalue weighted by atomic mass is 15.0. The van der Waals surface area contributed by atoms with Crippen LogP contribution in [0.25, 0.3) is 55.4 Å². The van der Waals surface area contributed by atoms with Gasteiger partial charge in [-0.15, -0.1) is 0 Å². The van der Waals surface area contributed by atoms with Gasteiger partial charge in [0.25, 0.3) is 0 Å². The van der Waals surface area contributed by atoms with Gasteiger partial charge in [0.05, 0.1) is 22.4 Å². The summed E-state index contributed by atoms with van der Waals surface area (Å²) in [6.45, 7) is 2.30. The molecule has 2 atom stereocenters.